The summed E-state index contributed by atoms with van der Waals surface area (Å²) in [5.41, 5.74) is 19.1. The number of nitrogens with two attached hydrogens (primary N) is 3. The maximum absolute atomic E-state index is 11.9. The van der Waals surface area contributed by atoms with Gasteiger partial charge in [-0.25, -0.2) is 9.97 Å². The van der Waals surface area contributed by atoms with Crippen molar-refractivity contribution in [3.8, 4) is 11.4 Å². The standard InChI is InChI=1S/C18H22N8O3/c1-4-22-14(15(27)9(3)20)18-25-13(11(5-19)29-18)12-10-6-23-8(2)7-26(10)17(24-12)16(21)28/h6-7,27H,4-5,19-20H2,1-3H3,(H2,21,28)/b15-9+,22-14?. The smallest absolute Gasteiger partial charge is 0.285 e. The number of imidazole rings is 1. The van der Waals surface area contributed by atoms with E-state index in [1.807, 2.05) is 0 Å². The number of carbonyl (C=O) groups is 1. The summed E-state index contributed by atoms with van der Waals surface area (Å²) in [7, 11) is 0. The Morgan fingerprint density at radius 1 is 1.31 bits per heavy atom. The molecule has 3 rings (SSSR count). The number of aliphatic hydroxyl groups excluding tert-OH is 1. The van der Waals surface area contributed by atoms with E-state index in [1.54, 1.807) is 26.2 Å². The minimum absolute atomic E-state index is 0.00195. The molecule has 0 atom stereocenters. The number of hydrogen-bond acceptors (Lipinski definition) is 9. The fourth-order valence-electron chi connectivity index (χ4n) is 2.80. The molecule has 0 saturated carbocycles. The van der Waals surface area contributed by atoms with Gasteiger partial charge in [0.05, 0.1) is 24.0 Å². The molecular formula is C18H22N8O3. The van der Waals surface area contributed by atoms with Crippen LogP contribution in [-0.2, 0) is 6.54 Å². The third-order valence-electron chi connectivity index (χ3n) is 4.10. The van der Waals surface area contributed by atoms with Gasteiger partial charge in [-0.15, -0.1) is 0 Å². The lowest BCUT2D eigenvalue weighted by Gasteiger charge is -2.03. The molecule has 3 aromatic rings. The number of aliphatic hydroxyl groups is 1. The third kappa shape index (κ3) is 3.55. The highest BCUT2D eigenvalue weighted by atomic mass is 16.4. The van der Waals surface area contributed by atoms with E-state index in [1.165, 1.54) is 11.3 Å². The highest BCUT2D eigenvalue weighted by Crippen LogP contribution is 2.29. The summed E-state index contributed by atoms with van der Waals surface area (Å²) in [5, 5.41) is 10.3. The second-order valence-electron chi connectivity index (χ2n) is 6.28. The highest BCUT2D eigenvalue weighted by Gasteiger charge is 2.26. The van der Waals surface area contributed by atoms with Gasteiger partial charge in [-0.3, -0.25) is 19.2 Å². The Kier molecular flexibility index (Phi) is 5.33. The van der Waals surface area contributed by atoms with Gasteiger partial charge in [-0.1, -0.05) is 0 Å². The van der Waals surface area contributed by atoms with E-state index in [9.17, 15) is 9.90 Å². The Balaban J connectivity index is 2.27. The Labute approximate surface area is 166 Å². The van der Waals surface area contributed by atoms with Crippen LogP contribution in [0.4, 0.5) is 0 Å². The first-order valence-corrected chi connectivity index (χ1v) is 8.83. The summed E-state index contributed by atoms with van der Waals surface area (Å²) < 4.78 is 7.28. The van der Waals surface area contributed by atoms with E-state index >= 15 is 0 Å². The molecule has 3 aromatic heterocycles. The van der Waals surface area contributed by atoms with Crippen molar-refractivity contribution in [2.24, 2.45) is 22.2 Å². The molecule has 0 spiro atoms. The molecule has 3 heterocycles. The SMILES string of the molecule is CCN=C(/C(O)=C(/C)N)c1nc(-c2nc(C(N)=O)n3cc(C)ncc23)c(CN)o1. The van der Waals surface area contributed by atoms with E-state index in [0.717, 1.165) is 0 Å². The van der Waals surface area contributed by atoms with Crippen molar-refractivity contribution in [2.75, 3.05) is 6.54 Å². The fourth-order valence-corrected chi connectivity index (χ4v) is 2.80. The van der Waals surface area contributed by atoms with E-state index in [-0.39, 0.29) is 35.4 Å². The van der Waals surface area contributed by atoms with Gasteiger partial charge in [0, 0.05) is 18.4 Å². The zero-order chi connectivity index (χ0) is 21.3. The van der Waals surface area contributed by atoms with Crippen molar-refractivity contribution < 1.29 is 14.3 Å². The molecule has 11 heteroatoms. The highest BCUT2D eigenvalue weighted by molar-refractivity contribution is 6.08. The number of allylic oxidation sites excluding steroid dienone is 2. The summed E-state index contributed by atoms with van der Waals surface area (Å²) in [6.45, 7) is 5.47. The molecule has 0 fully saturated rings. The largest absolute Gasteiger partial charge is 0.504 e. The number of carbonyl (C=O) groups excluding carboxylic acids is 1. The second-order valence-corrected chi connectivity index (χ2v) is 6.28. The Morgan fingerprint density at radius 2 is 2.03 bits per heavy atom. The van der Waals surface area contributed by atoms with E-state index in [0.29, 0.717) is 34.9 Å². The predicted molar refractivity (Wildman–Crippen MR) is 106 cm³/mol. The predicted octanol–water partition coefficient (Wildman–Crippen LogP) is 0.808. The van der Waals surface area contributed by atoms with Crippen molar-refractivity contribution in [3.63, 3.8) is 0 Å². The van der Waals surface area contributed by atoms with Gasteiger partial charge in [-0.05, 0) is 20.8 Å². The second kappa shape index (κ2) is 7.72. The van der Waals surface area contributed by atoms with Crippen LogP contribution in [0.3, 0.4) is 0 Å². The molecular weight excluding hydrogens is 376 g/mol. The molecule has 0 bridgehead atoms. The van der Waals surface area contributed by atoms with Gasteiger partial charge < -0.3 is 26.7 Å². The average molecular weight is 398 g/mol. The average Bonchev–Trinajstić information content (AvgIpc) is 3.26. The molecule has 0 unspecified atom stereocenters. The summed E-state index contributed by atoms with van der Waals surface area (Å²) in [4.78, 5) is 29.1. The number of fused-ring (bicyclic) bond motifs is 1. The number of primary amides is 1. The molecule has 0 aromatic carbocycles. The lowest BCUT2D eigenvalue weighted by Crippen LogP contribution is -2.15. The van der Waals surface area contributed by atoms with Gasteiger partial charge >= 0.3 is 0 Å². The Morgan fingerprint density at radius 3 is 2.62 bits per heavy atom. The first-order valence-electron chi connectivity index (χ1n) is 8.83. The van der Waals surface area contributed by atoms with Crippen molar-refractivity contribution in [2.45, 2.75) is 27.3 Å². The van der Waals surface area contributed by atoms with Gasteiger partial charge in [0.25, 0.3) is 5.91 Å². The fraction of sp³-hybridized carbons (Fsp3) is 0.278. The number of rotatable bonds is 6. The number of aromatic nitrogens is 4. The lowest BCUT2D eigenvalue weighted by atomic mass is 10.2. The Hall–Kier alpha value is -3.73. The number of aliphatic imine (C=N–C) groups is 1. The van der Waals surface area contributed by atoms with Crippen LogP contribution in [-0.4, -0.2) is 42.6 Å². The molecule has 1 amide bonds. The number of nitrogens with zero attached hydrogens (tertiary/aromatic N) is 5. The lowest BCUT2D eigenvalue weighted by molar-refractivity contribution is 0.0990. The molecule has 0 aliphatic rings. The van der Waals surface area contributed by atoms with E-state index in [4.69, 9.17) is 21.6 Å². The number of aryl methyl sites for hydroxylation is 1. The number of oxazole rings is 1. The first kappa shape index (κ1) is 20.0. The van der Waals surface area contributed by atoms with E-state index < -0.39 is 5.91 Å². The first-order chi connectivity index (χ1) is 13.8. The molecule has 0 radical (unpaired) electrons. The summed E-state index contributed by atoms with van der Waals surface area (Å²) >= 11 is 0. The van der Waals surface area contributed by atoms with Crippen molar-refractivity contribution in [1.82, 2.24) is 19.4 Å². The van der Waals surface area contributed by atoms with Crippen LogP contribution in [0.1, 0.15) is 41.8 Å². The minimum atomic E-state index is -0.706. The summed E-state index contributed by atoms with van der Waals surface area (Å²) in [5.74, 6) is -0.596. The van der Waals surface area contributed by atoms with Crippen LogP contribution >= 0.6 is 0 Å². The van der Waals surface area contributed by atoms with Crippen molar-refractivity contribution in [3.05, 3.63) is 47.0 Å². The topological polar surface area (TPSA) is 184 Å². The third-order valence-corrected chi connectivity index (χ3v) is 4.10. The zero-order valence-electron chi connectivity index (χ0n) is 16.3. The van der Waals surface area contributed by atoms with Crippen LogP contribution in [0.25, 0.3) is 16.9 Å². The normalized spacial score (nSPS) is 13.0. The molecule has 0 saturated heterocycles. The van der Waals surface area contributed by atoms with Crippen LogP contribution in [0.15, 0.2) is 33.3 Å². The molecule has 29 heavy (non-hydrogen) atoms. The molecule has 152 valence electrons. The van der Waals surface area contributed by atoms with E-state index in [2.05, 4.69) is 19.9 Å². The van der Waals surface area contributed by atoms with Gasteiger partial charge in [-0.2, -0.15) is 0 Å². The quantitative estimate of drug-likeness (QED) is 0.347. The summed E-state index contributed by atoms with van der Waals surface area (Å²) in [6, 6.07) is 0. The van der Waals surface area contributed by atoms with Gasteiger partial charge in [0.2, 0.25) is 11.7 Å². The number of hydrogen-bond donors (Lipinski definition) is 4. The monoisotopic (exact) mass is 398 g/mol. The van der Waals surface area contributed by atoms with Crippen LogP contribution in [0.2, 0.25) is 0 Å². The summed E-state index contributed by atoms with van der Waals surface area (Å²) in [6.07, 6.45) is 3.20. The van der Waals surface area contributed by atoms with Gasteiger partial charge in [0.15, 0.2) is 11.5 Å². The molecule has 0 aliphatic heterocycles. The number of amides is 1. The van der Waals surface area contributed by atoms with Crippen LogP contribution < -0.4 is 17.2 Å². The maximum atomic E-state index is 11.9. The zero-order valence-corrected chi connectivity index (χ0v) is 16.3. The maximum Gasteiger partial charge on any atom is 0.285 e. The van der Waals surface area contributed by atoms with Crippen molar-refractivity contribution in [1.29, 1.82) is 0 Å². The van der Waals surface area contributed by atoms with Crippen molar-refractivity contribution >= 4 is 17.1 Å². The van der Waals surface area contributed by atoms with Crippen LogP contribution in [0, 0.1) is 6.92 Å². The molecule has 7 N–H and O–H groups in total. The van der Waals surface area contributed by atoms with Crippen LogP contribution in [0.5, 0.6) is 0 Å². The molecule has 11 nitrogen and oxygen atoms in total. The molecule has 0 aliphatic carbocycles. The Bertz CT molecular complexity index is 1150. The minimum Gasteiger partial charge on any atom is -0.504 e. The van der Waals surface area contributed by atoms with Gasteiger partial charge in [0.1, 0.15) is 17.1 Å².